The van der Waals surface area contributed by atoms with E-state index in [0.29, 0.717) is 0 Å². The molecule has 0 aromatic carbocycles. The molecule has 0 N–H and O–H groups in total. The van der Waals surface area contributed by atoms with Crippen molar-refractivity contribution in [2.75, 3.05) is 5.33 Å². The molecule has 0 rings (SSSR count). The molecule has 0 heterocycles. The molecule has 56 valence electrons. The summed E-state index contributed by atoms with van der Waals surface area (Å²) in [6.07, 6.45) is 2.10. The third kappa shape index (κ3) is 5.50. The van der Waals surface area contributed by atoms with Gasteiger partial charge in [-0.3, -0.25) is 0 Å². The summed E-state index contributed by atoms with van der Waals surface area (Å²) in [4.78, 5) is 0. The zero-order valence-electron chi connectivity index (χ0n) is 5.41. The molecular weight excluding hydrogens is 223 g/mol. The quantitative estimate of drug-likeness (QED) is 0.654. The first-order chi connectivity index (χ1) is 4.18. The van der Waals surface area contributed by atoms with Crippen LogP contribution in [0.3, 0.4) is 0 Å². The molecule has 0 saturated heterocycles. The van der Waals surface area contributed by atoms with E-state index < -0.39 is 0 Å². The van der Waals surface area contributed by atoms with Crippen LogP contribution in [0.15, 0.2) is 0 Å². The molecule has 2 atom stereocenters. The van der Waals surface area contributed by atoms with Gasteiger partial charge in [0.05, 0.1) is 0 Å². The largest absolute Gasteiger partial charge is 0.122 e. The molecule has 0 spiro atoms. The molecule has 0 aliphatic carbocycles. The van der Waals surface area contributed by atoms with E-state index in [2.05, 4.69) is 15.9 Å². The minimum absolute atomic E-state index is 0.0886. The van der Waals surface area contributed by atoms with Crippen LogP contribution in [-0.4, -0.2) is 16.1 Å². The van der Waals surface area contributed by atoms with Gasteiger partial charge in [0.1, 0.15) is 0 Å². The first kappa shape index (κ1) is 10.1. The molecule has 0 aromatic heterocycles. The number of rotatable bonds is 4. The fourth-order valence-electron chi connectivity index (χ4n) is 0.502. The normalized spacial score (nSPS) is 17.3. The lowest BCUT2D eigenvalue weighted by atomic mass is 10.2. The van der Waals surface area contributed by atoms with Gasteiger partial charge in [-0.25, -0.2) is 0 Å². The van der Waals surface area contributed by atoms with Crippen molar-refractivity contribution in [3.05, 3.63) is 0 Å². The zero-order chi connectivity index (χ0) is 7.28. The van der Waals surface area contributed by atoms with Gasteiger partial charge in [0.15, 0.2) is 0 Å². The molecule has 0 aliphatic rings. The summed E-state index contributed by atoms with van der Waals surface area (Å²) in [6.45, 7) is 1.92. The Hall–Kier alpha value is 1.06. The van der Waals surface area contributed by atoms with Crippen molar-refractivity contribution in [2.24, 2.45) is 0 Å². The van der Waals surface area contributed by atoms with Crippen molar-refractivity contribution in [3.8, 4) is 0 Å². The number of alkyl halides is 3. The third-order valence-corrected chi connectivity index (χ3v) is 2.70. The number of hydrogen-bond acceptors (Lipinski definition) is 0. The maximum Gasteiger partial charge on any atom is 0.0497 e. The average Bonchev–Trinajstić information content (AvgIpc) is 1.82. The maximum atomic E-state index is 5.84. The van der Waals surface area contributed by atoms with Crippen LogP contribution < -0.4 is 0 Å². The van der Waals surface area contributed by atoms with Crippen LogP contribution in [0.4, 0.5) is 0 Å². The van der Waals surface area contributed by atoms with Crippen molar-refractivity contribution >= 4 is 39.1 Å². The number of halogens is 3. The lowest BCUT2D eigenvalue weighted by molar-refractivity contribution is 0.723. The zero-order valence-corrected chi connectivity index (χ0v) is 8.51. The lowest BCUT2D eigenvalue weighted by Gasteiger charge is -2.08. The maximum absolute atomic E-state index is 5.84. The summed E-state index contributed by atoms with van der Waals surface area (Å²) in [5, 5.41) is 1.23. The molecule has 2 unspecified atom stereocenters. The van der Waals surface area contributed by atoms with E-state index in [0.717, 1.165) is 18.2 Å². The Bertz CT molecular complexity index is 66.1. The fourth-order valence-corrected chi connectivity index (χ4v) is 1.11. The lowest BCUT2D eigenvalue weighted by Crippen LogP contribution is -2.10. The first-order valence-electron chi connectivity index (χ1n) is 3.02. The van der Waals surface area contributed by atoms with Crippen LogP contribution in [0.2, 0.25) is 0 Å². The van der Waals surface area contributed by atoms with Crippen molar-refractivity contribution in [1.82, 2.24) is 0 Å². The highest BCUT2D eigenvalue weighted by Crippen LogP contribution is 2.15. The molecule has 0 radical (unpaired) electrons. The second-order valence-electron chi connectivity index (χ2n) is 2.02. The SMILES string of the molecule is CC(Cl)C(Cl)CCCBr. The van der Waals surface area contributed by atoms with Crippen molar-refractivity contribution < 1.29 is 0 Å². The van der Waals surface area contributed by atoms with Crippen LogP contribution in [0.1, 0.15) is 19.8 Å². The summed E-state index contributed by atoms with van der Waals surface area (Å²) in [6, 6.07) is 0. The number of hydrogen-bond donors (Lipinski definition) is 0. The minimum Gasteiger partial charge on any atom is -0.122 e. The van der Waals surface area contributed by atoms with Gasteiger partial charge in [0.25, 0.3) is 0 Å². The van der Waals surface area contributed by atoms with E-state index in [1.165, 1.54) is 0 Å². The van der Waals surface area contributed by atoms with Crippen LogP contribution in [-0.2, 0) is 0 Å². The van der Waals surface area contributed by atoms with E-state index in [1.54, 1.807) is 0 Å². The summed E-state index contributed by atoms with van der Waals surface area (Å²) in [5.41, 5.74) is 0. The van der Waals surface area contributed by atoms with Crippen molar-refractivity contribution in [1.29, 1.82) is 0 Å². The standard InChI is InChI=1S/C6H11BrCl2/c1-5(8)6(9)3-2-4-7/h5-6H,2-4H2,1H3. The smallest absolute Gasteiger partial charge is 0.0497 e. The Balaban J connectivity index is 3.16. The van der Waals surface area contributed by atoms with Gasteiger partial charge < -0.3 is 0 Å². The molecule has 0 fully saturated rings. The summed E-state index contributed by atoms with van der Waals surface area (Å²) >= 11 is 14.9. The summed E-state index contributed by atoms with van der Waals surface area (Å²) in [5.74, 6) is 0. The van der Waals surface area contributed by atoms with Gasteiger partial charge >= 0.3 is 0 Å². The van der Waals surface area contributed by atoms with Gasteiger partial charge in [-0.15, -0.1) is 23.2 Å². The van der Waals surface area contributed by atoms with Crippen LogP contribution in [0.25, 0.3) is 0 Å². The second-order valence-corrected chi connectivity index (χ2v) is 4.07. The summed E-state index contributed by atoms with van der Waals surface area (Å²) < 4.78 is 0. The first-order valence-corrected chi connectivity index (χ1v) is 5.02. The van der Waals surface area contributed by atoms with E-state index in [-0.39, 0.29) is 10.8 Å². The predicted molar refractivity (Wildman–Crippen MR) is 48.0 cm³/mol. The van der Waals surface area contributed by atoms with E-state index in [4.69, 9.17) is 23.2 Å². The van der Waals surface area contributed by atoms with E-state index in [1.807, 2.05) is 6.92 Å². The van der Waals surface area contributed by atoms with Crippen LogP contribution >= 0.6 is 39.1 Å². The van der Waals surface area contributed by atoms with Gasteiger partial charge in [-0.2, -0.15) is 0 Å². The Morgan fingerprint density at radius 2 is 2.00 bits per heavy atom. The monoisotopic (exact) mass is 232 g/mol. The predicted octanol–water partition coefficient (Wildman–Crippen LogP) is 3.40. The van der Waals surface area contributed by atoms with Gasteiger partial charge in [0, 0.05) is 16.1 Å². The summed E-state index contributed by atoms with van der Waals surface area (Å²) in [7, 11) is 0. The highest BCUT2D eigenvalue weighted by Gasteiger charge is 2.09. The Morgan fingerprint density at radius 1 is 1.44 bits per heavy atom. The van der Waals surface area contributed by atoms with E-state index in [9.17, 15) is 0 Å². The van der Waals surface area contributed by atoms with Crippen LogP contribution in [0.5, 0.6) is 0 Å². The van der Waals surface area contributed by atoms with E-state index >= 15 is 0 Å². The molecule has 0 saturated carbocycles. The molecule has 0 nitrogen and oxygen atoms in total. The molecule has 0 bridgehead atoms. The average molecular weight is 234 g/mol. The van der Waals surface area contributed by atoms with Gasteiger partial charge in [-0.05, 0) is 19.8 Å². The topological polar surface area (TPSA) is 0 Å². The molecule has 3 heteroatoms. The van der Waals surface area contributed by atoms with Crippen molar-refractivity contribution in [2.45, 2.75) is 30.5 Å². The Labute approximate surface area is 75.0 Å². The molecule has 9 heavy (non-hydrogen) atoms. The van der Waals surface area contributed by atoms with Gasteiger partial charge in [-0.1, -0.05) is 15.9 Å². The second kappa shape index (κ2) is 5.82. The molecule has 0 aliphatic heterocycles. The molecular formula is C6H11BrCl2. The van der Waals surface area contributed by atoms with Gasteiger partial charge in [0.2, 0.25) is 0 Å². The Morgan fingerprint density at radius 3 is 2.33 bits per heavy atom. The molecule has 0 aromatic rings. The third-order valence-electron chi connectivity index (χ3n) is 1.11. The highest BCUT2D eigenvalue weighted by molar-refractivity contribution is 9.09. The van der Waals surface area contributed by atoms with Crippen LogP contribution in [0, 0.1) is 0 Å². The minimum atomic E-state index is 0.0886. The molecule has 0 amide bonds. The Kier molecular flexibility index (Phi) is 6.50. The highest BCUT2D eigenvalue weighted by atomic mass is 79.9. The van der Waals surface area contributed by atoms with Crippen molar-refractivity contribution in [3.63, 3.8) is 0 Å². The fraction of sp³-hybridized carbons (Fsp3) is 1.00.